The minimum Gasteiger partial charge on any atom is -0.351 e. The number of hydrogen-bond acceptors (Lipinski definition) is 11. The van der Waals surface area contributed by atoms with E-state index >= 15 is 0 Å². The fourth-order valence-corrected chi connectivity index (χ4v) is 9.96. The van der Waals surface area contributed by atoms with Crippen LogP contribution in [0.25, 0.3) is 77.6 Å². The van der Waals surface area contributed by atoms with E-state index in [0.717, 1.165) is 102 Å². The van der Waals surface area contributed by atoms with Gasteiger partial charge in [0.25, 0.3) is 0 Å². The lowest BCUT2D eigenvalue weighted by molar-refractivity contribution is 0.411. The summed E-state index contributed by atoms with van der Waals surface area (Å²) in [6.45, 7) is 11.0. The molecule has 0 amide bonds. The number of fused-ring (bicyclic) bond motifs is 4. The molecule has 2 aliphatic rings. The van der Waals surface area contributed by atoms with Crippen molar-refractivity contribution in [3.63, 3.8) is 0 Å². The molecule has 12 rings (SSSR count). The second-order valence-corrected chi connectivity index (χ2v) is 17.7. The minimum absolute atomic E-state index is 0.414. The Labute approximate surface area is 383 Å². The van der Waals surface area contributed by atoms with Gasteiger partial charge in [-0.2, -0.15) is 10.2 Å². The van der Waals surface area contributed by atoms with Crippen molar-refractivity contribution in [1.29, 1.82) is 0 Å². The molecule has 0 spiro atoms. The fraction of sp³-hybridized carbons (Fsp3) is 0.245. The number of aromatic nitrogens is 10. The van der Waals surface area contributed by atoms with Crippen LogP contribution in [0.2, 0.25) is 0 Å². The zero-order valence-electron chi connectivity index (χ0n) is 37.6. The first kappa shape index (κ1) is 41.1. The molecule has 4 atom stereocenters. The quantitative estimate of drug-likeness (QED) is 0.171. The second-order valence-electron chi connectivity index (χ2n) is 17.7. The van der Waals surface area contributed by atoms with Gasteiger partial charge >= 0.3 is 0 Å². The first-order valence-corrected chi connectivity index (χ1v) is 22.9. The molecule has 1 N–H and O–H groups in total. The number of para-hydroxylation sites is 2. The fourth-order valence-electron chi connectivity index (χ4n) is 9.96. The number of hydrogen-bond donors (Lipinski definition) is 1. The molecule has 2 saturated heterocycles. The third-order valence-electron chi connectivity index (χ3n) is 13.3. The first-order valence-electron chi connectivity index (χ1n) is 22.9. The van der Waals surface area contributed by atoms with Crippen LogP contribution in [0.15, 0.2) is 147 Å². The van der Waals surface area contributed by atoms with Crippen molar-refractivity contribution < 1.29 is 0 Å². The smallest absolute Gasteiger partial charge is 0.162 e. The van der Waals surface area contributed by atoms with Gasteiger partial charge in [-0.1, -0.05) is 36.4 Å². The van der Waals surface area contributed by atoms with Crippen LogP contribution < -0.4 is 15.1 Å². The van der Waals surface area contributed by atoms with E-state index in [1.807, 2.05) is 120 Å². The Morgan fingerprint density at radius 2 is 0.894 bits per heavy atom. The summed E-state index contributed by atoms with van der Waals surface area (Å²) in [4.78, 5) is 32.9. The number of anilines is 2. The number of nitrogens with one attached hydrogen (secondary N) is 1. The number of benzene rings is 2. The Hall–Kier alpha value is -7.64. The molecule has 13 heteroatoms. The molecule has 0 radical (unpaired) electrons. The summed E-state index contributed by atoms with van der Waals surface area (Å²) < 4.78 is 3.69. The third kappa shape index (κ3) is 7.64. The molecule has 10 heterocycles. The maximum atomic E-state index is 4.81. The van der Waals surface area contributed by atoms with Gasteiger partial charge in [-0.3, -0.25) is 9.97 Å². The zero-order valence-corrected chi connectivity index (χ0v) is 37.6. The Kier molecular flexibility index (Phi) is 10.8. The van der Waals surface area contributed by atoms with Crippen molar-refractivity contribution >= 4 is 44.7 Å². The van der Waals surface area contributed by atoms with Crippen molar-refractivity contribution in [3.8, 4) is 44.5 Å². The maximum absolute atomic E-state index is 4.81. The van der Waals surface area contributed by atoms with Crippen molar-refractivity contribution in [1.82, 2.24) is 54.4 Å². The molecule has 8 aromatic heterocycles. The van der Waals surface area contributed by atoms with Crippen LogP contribution in [-0.2, 0) is 0 Å². The van der Waals surface area contributed by atoms with Gasteiger partial charge < -0.3 is 15.1 Å². The summed E-state index contributed by atoms with van der Waals surface area (Å²) >= 11 is 0. The number of rotatable bonds is 6. The molecular weight excluding hydrogens is 819 g/mol. The van der Waals surface area contributed by atoms with Crippen LogP contribution in [-0.4, -0.2) is 86.4 Å². The van der Waals surface area contributed by atoms with Gasteiger partial charge in [0.1, 0.15) is 11.6 Å². The summed E-state index contributed by atoms with van der Waals surface area (Å²) in [5.41, 5.74) is 11.8. The highest BCUT2D eigenvalue weighted by atomic mass is 15.3. The van der Waals surface area contributed by atoms with Crippen molar-refractivity contribution in [2.45, 2.75) is 71.1 Å². The van der Waals surface area contributed by atoms with Gasteiger partial charge in [-0.05, 0) is 107 Å². The Bertz CT molecular complexity index is 3070. The molecule has 2 aromatic carbocycles. The number of nitrogens with zero attached hydrogens (tertiary/aromatic N) is 12. The van der Waals surface area contributed by atoms with E-state index in [9.17, 15) is 0 Å². The normalized spacial score (nSPS) is 18.8. The van der Waals surface area contributed by atoms with Crippen LogP contribution in [0.4, 0.5) is 11.6 Å². The van der Waals surface area contributed by atoms with E-state index in [4.69, 9.17) is 19.9 Å². The maximum Gasteiger partial charge on any atom is 0.162 e. The van der Waals surface area contributed by atoms with E-state index in [1.54, 1.807) is 0 Å². The Morgan fingerprint density at radius 1 is 0.439 bits per heavy atom. The van der Waals surface area contributed by atoms with Crippen molar-refractivity contribution in [3.05, 3.63) is 147 Å². The summed E-state index contributed by atoms with van der Waals surface area (Å²) in [7, 11) is 0. The lowest BCUT2D eigenvalue weighted by atomic mass is 9.97. The lowest BCUT2D eigenvalue weighted by Crippen LogP contribution is -2.55. The molecular formula is C53H51N13. The first-order chi connectivity index (χ1) is 32.4. The molecule has 13 nitrogen and oxygen atoms in total. The van der Waals surface area contributed by atoms with Gasteiger partial charge in [-0.25, -0.2) is 29.0 Å². The average molecular weight is 870 g/mol. The van der Waals surface area contributed by atoms with Crippen LogP contribution in [0.5, 0.6) is 0 Å². The predicted octanol–water partition coefficient (Wildman–Crippen LogP) is 9.97. The molecule has 2 fully saturated rings. The highest BCUT2D eigenvalue weighted by molar-refractivity contribution is 5.98. The van der Waals surface area contributed by atoms with Crippen molar-refractivity contribution in [2.24, 2.45) is 0 Å². The standard InChI is InChI=1S/C27H26N6.C26H25N7/c1-18-6-5-7-19(2)33(18)26-11-10-20(14-29-26)21-15-30-27-24(16-31-32(27)17-21)22-12-13-28-25-9-4-3-8-23(22)25;1-17-11-27-12-18(2)33(17)25-8-7-19(13-29-25)20-14-30-26-23(15-31-32(26)16-20)21-9-10-28-24-6-4-3-5-22(21)24/h3-4,8-19H,5-7H2,1-2H3;3-10,13-18,27H,11-12H2,1-2H3/t18-,19+;17-,18+. The molecule has 0 saturated carbocycles. The summed E-state index contributed by atoms with van der Waals surface area (Å²) in [6.07, 6.45) is 22.9. The second kappa shape index (κ2) is 17.4. The third-order valence-corrected chi connectivity index (χ3v) is 13.3. The Morgan fingerprint density at radius 3 is 1.36 bits per heavy atom. The van der Waals surface area contributed by atoms with Gasteiger partial charge in [0.15, 0.2) is 11.3 Å². The van der Waals surface area contributed by atoms with Crippen LogP contribution >= 0.6 is 0 Å². The molecule has 0 unspecified atom stereocenters. The van der Waals surface area contributed by atoms with E-state index < -0.39 is 0 Å². The zero-order chi connectivity index (χ0) is 44.7. The number of piperidine rings is 1. The molecule has 10 aromatic rings. The summed E-state index contributed by atoms with van der Waals surface area (Å²) in [6, 6.07) is 30.7. The van der Waals surface area contributed by atoms with Gasteiger partial charge in [0.2, 0.25) is 0 Å². The predicted molar refractivity (Wildman–Crippen MR) is 263 cm³/mol. The van der Waals surface area contributed by atoms with Crippen molar-refractivity contribution in [2.75, 3.05) is 22.9 Å². The van der Waals surface area contributed by atoms with Crippen LogP contribution in [0.1, 0.15) is 47.0 Å². The summed E-state index contributed by atoms with van der Waals surface area (Å²) in [5, 5.41) is 14.9. The van der Waals surface area contributed by atoms with E-state index in [1.165, 1.54) is 19.3 Å². The topological polar surface area (TPSA) is 130 Å². The Balaban J connectivity index is 0.000000146. The van der Waals surface area contributed by atoms with Gasteiger partial charge in [-0.15, -0.1) is 0 Å². The molecule has 66 heavy (non-hydrogen) atoms. The highest BCUT2D eigenvalue weighted by Gasteiger charge is 2.27. The van der Waals surface area contributed by atoms with E-state index in [-0.39, 0.29) is 0 Å². The number of pyridine rings is 4. The number of piperazine rings is 1. The average Bonchev–Trinajstić information content (AvgIpc) is 3.98. The monoisotopic (exact) mass is 869 g/mol. The van der Waals surface area contributed by atoms with Crippen LogP contribution in [0.3, 0.4) is 0 Å². The van der Waals surface area contributed by atoms with Gasteiger partial charge in [0.05, 0.1) is 23.4 Å². The van der Waals surface area contributed by atoms with E-state index in [0.29, 0.717) is 24.2 Å². The minimum atomic E-state index is 0.414. The summed E-state index contributed by atoms with van der Waals surface area (Å²) in [5.74, 6) is 2.07. The SMILES string of the molecule is C[C@@H]1CCC[C@H](C)N1c1ccc(-c2cnc3c(-c4ccnc5ccccc45)cnn3c2)cn1.C[C@@H]1CNC[C@H](C)N1c1ccc(-c2cnc3c(-c4ccnc5ccccc45)cnn3c2)cn1. The highest BCUT2D eigenvalue weighted by Crippen LogP contribution is 2.34. The van der Waals surface area contributed by atoms with Gasteiger partial charge in [0, 0.05) is 131 Å². The molecule has 328 valence electrons. The van der Waals surface area contributed by atoms with Crippen LogP contribution in [0, 0.1) is 0 Å². The molecule has 2 aliphatic heterocycles. The van der Waals surface area contributed by atoms with E-state index in [2.05, 4.69) is 99.4 Å². The molecule has 0 bridgehead atoms. The lowest BCUT2D eigenvalue weighted by Gasteiger charge is -2.40. The largest absolute Gasteiger partial charge is 0.351 e. The molecule has 0 aliphatic carbocycles.